The van der Waals surface area contributed by atoms with Crippen LogP contribution in [0.1, 0.15) is 47.5 Å². The second-order valence-corrected chi connectivity index (χ2v) is 6.84. The Kier molecular flexibility index (Phi) is 5.46. The maximum absolute atomic E-state index is 3.55. The van der Waals surface area contributed by atoms with Crippen LogP contribution < -0.4 is 5.32 Å². The third-order valence-electron chi connectivity index (χ3n) is 4.63. The first kappa shape index (κ1) is 15.0. The van der Waals surface area contributed by atoms with E-state index in [0.717, 1.165) is 11.8 Å². The minimum atomic E-state index is 0.500. The first-order chi connectivity index (χ1) is 7.87. The van der Waals surface area contributed by atoms with Crippen molar-refractivity contribution < 1.29 is 0 Å². The zero-order chi connectivity index (χ0) is 13.1. The van der Waals surface area contributed by atoms with Gasteiger partial charge in [0.2, 0.25) is 0 Å². The lowest BCUT2D eigenvalue weighted by molar-refractivity contribution is 0.104. The molecule has 2 nitrogen and oxygen atoms in total. The molecule has 0 amide bonds. The van der Waals surface area contributed by atoms with Crippen molar-refractivity contribution in [1.82, 2.24) is 10.2 Å². The summed E-state index contributed by atoms with van der Waals surface area (Å²) in [5.74, 6) is 1.57. The number of nitrogens with zero attached hydrogens (tertiary/aromatic N) is 1. The summed E-state index contributed by atoms with van der Waals surface area (Å²) >= 11 is 0. The summed E-state index contributed by atoms with van der Waals surface area (Å²) in [4.78, 5) is 2.58. The van der Waals surface area contributed by atoms with Crippen LogP contribution in [0.4, 0.5) is 0 Å². The molecule has 102 valence electrons. The third-order valence-corrected chi connectivity index (χ3v) is 4.63. The fourth-order valence-electron chi connectivity index (χ4n) is 3.09. The number of rotatable bonds is 6. The summed E-state index contributed by atoms with van der Waals surface area (Å²) in [6, 6.07) is 0.700. The van der Waals surface area contributed by atoms with E-state index in [1.807, 2.05) is 0 Å². The summed E-state index contributed by atoms with van der Waals surface area (Å²) in [6.45, 7) is 15.4. The van der Waals surface area contributed by atoms with E-state index in [1.54, 1.807) is 0 Å². The summed E-state index contributed by atoms with van der Waals surface area (Å²) in [6.07, 6.45) is 2.64. The van der Waals surface area contributed by atoms with Gasteiger partial charge in [-0.3, -0.25) is 0 Å². The zero-order valence-electron chi connectivity index (χ0n) is 12.7. The molecule has 17 heavy (non-hydrogen) atoms. The van der Waals surface area contributed by atoms with Crippen LogP contribution in [-0.2, 0) is 0 Å². The van der Waals surface area contributed by atoms with Crippen molar-refractivity contribution in [1.29, 1.82) is 0 Å². The normalized spacial score (nSPS) is 27.4. The van der Waals surface area contributed by atoms with Gasteiger partial charge in [0, 0.05) is 19.1 Å². The van der Waals surface area contributed by atoms with Crippen molar-refractivity contribution in [2.75, 3.05) is 26.7 Å². The van der Waals surface area contributed by atoms with Gasteiger partial charge in [0.05, 0.1) is 0 Å². The molecule has 0 bridgehead atoms. The maximum Gasteiger partial charge on any atom is 0.00665 e. The highest BCUT2D eigenvalue weighted by Gasteiger charge is 2.38. The zero-order valence-corrected chi connectivity index (χ0v) is 12.7. The van der Waals surface area contributed by atoms with Gasteiger partial charge in [0.15, 0.2) is 0 Å². The fourth-order valence-corrected chi connectivity index (χ4v) is 3.09. The SMILES string of the molecule is CC(C)CC(C)N(C)CC1(C(C)C)CCNC1. The fraction of sp³-hybridized carbons (Fsp3) is 1.00. The van der Waals surface area contributed by atoms with Crippen molar-refractivity contribution >= 4 is 0 Å². The van der Waals surface area contributed by atoms with Crippen LogP contribution in [0.25, 0.3) is 0 Å². The van der Waals surface area contributed by atoms with E-state index >= 15 is 0 Å². The monoisotopic (exact) mass is 240 g/mol. The van der Waals surface area contributed by atoms with Gasteiger partial charge in [-0.25, -0.2) is 0 Å². The van der Waals surface area contributed by atoms with Gasteiger partial charge in [0.25, 0.3) is 0 Å². The number of hydrogen-bond acceptors (Lipinski definition) is 2. The van der Waals surface area contributed by atoms with Gasteiger partial charge < -0.3 is 10.2 Å². The highest BCUT2D eigenvalue weighted by Crippen LogP contribution is 2.35. The van der Waals surface area contributed by atoms with Crippen LogP contribution in [0.5, 0.6) is 0 Å². The molecule has 0 aromatic heterocycles. The lowest BCUT2D eigenvalue weighted by atomic mass is 9.76. The van der Waals surface area contributed by atoms with Crippen molar-refractivity contribution in [2.45, 2.75) is 53.5 Å². The molecule has 0 saturated carbocycles. The van der Waals surface area contributed by atoms with Gasteiger partial charge in [0.1, 0.15) is 0 Å². The quantitative estimate of drug-likeness (QED) is 0.768. The first-order valence-corrected chi connectivity index (χ1v) is 7.28. The third kappa shape index (κ3) is 3.96. The Morgan fingerprint density at radius 2 is 1.82 bits per heavy atom. The topological polar surface area (TPSA) is 15.3 Å². The molecule has 1 N–H and O–H groups in total. The van der Waals surface area contributed by atoms with Gasteiger partial charge in [-0.05, 0) is 50.6 Å². The Labute approximate surface area is 108 Å². The summed E-state index contributed by atoms with van der Waals surface area (Å²) in [5.41, 5.74) is 0.500. The predicted molar refractivity (Wildman–Crippen MR) is 76.3 cm³/mol. The lowest BCUT2D eigenvalue weighted by Gasteiger charge is -2.39. The molecule has 0 aromatic carbocycles. The van der Waals surface area contributed by atoms with Gasteiger partial charge >= 0.3 is 0 Å². The summed E-state index contributed by atoms with van der Waals surface area (Å²) in [7, 11) is 2.30. The van der Waals surface area contributed by atoms with Crippen LogP contribution in [0.15, 0.2) is 0 Å². The molecular formula is C15H32N2. The Morgan fingerprint density at radius 1 is 1.18 bits per heavy atom. The molecule has 1 rings (SSSR count). The van der Waals surface area contributed by atoms with E-state index in [2.05, 4.69) is 51.9 Å². The molecule has 0 radical (unpaired) electrons. The van der Waals surface area contributed by atoms with Gasteiger partial charge in [-0.1, -0.05) is 27.7 Å². The molecule has 0 aromatic rings. The van der Waals surface area contributed by atoms with Crippen LogP contribution >= 0.6 is 0 Å². The Hall–Kier alpha value is -0.0800. The average molecular weight is 240 g/mol. The molecular weight excluding hydrogens is 208 g/mol. The van der Waals surface area contributed by atoms with Crippen molar-refractivity contribution in [3.05, 3.63) is 0 Å². The van der Waals surface area contributed by atoms with E-state index in [9.17, 15) is 0 Å². The van der Waals surface area contributed by atoms with Crippen LogP contribution in [0.2, 0.25) is 0 Å². The summed E-state index contributed by atoms with van der Waals surface area (Å²) in [5, 5.41) is 3.55. The van der Waals surface area contributed by atoms with Crippen molar-refractivity contribution in [2.24, 2.45) is 17.3 Å². The maximum atomic E-state index is 3.55. The van der Waals surface area contributed by atoms with Crippen molar-refractivity contribution in [3.63, 3.8) is 0 Å². The second-order valence-electron chi connectivity index (χ2n) is 6.84. The van der Waals surface area contributed by atoms with Crippen LogP contribution in [-0.4, -0.2) is 37.6 Å². The molecule has 0 spiro atoms. The smallest absolute Gasteiger partial charge is 0.00665 e. The molecule has 1 aliphatic heterocycles. The molecule has 0 aliphatic carbocycles. The molecule has 2 atom stereocenters. The van der Waals surface area contributed by atoms with E-state index in [1.165, 1.54) is 32.5 Å². The van der Waals surface area contributed by atoms with Crippen LogP contribution in [0.3, 0.4) is 0 Å². The van der Waals surface area contributed by atoms with Gasteiger partial charge in [-0.15, -0.1) is 0 Å². The molecule has 1 aliphatic rings. The second kappa shape index (κ2) is 6.19. The molecule has 1 saturated heterocycles. The Morgan fingerprint density at radius 3 is 2.24 bits per heavy atom. The van der Waals surface area contributed by atoms with E-state index < -0.39 is 0 Å². The molecule has 2 unspecified atom stereocenters. The predicted octanol–water partition coefficient (Wildman–Crippen LogP) is 2.99. The number of hydrogen-bond donors (Lipinski definition) is 1. The Balaban J connectivity index is 2.55. The van der Waals surface area contributed by atoms with Crippen LogP contribution in [0, 0.1) is 17.3 Å². The lowest BCUT2D eigenvalue weighted by Crippen LogP contribution is -2.44. The standard InChI is InChI=1S/C15H32N2/c1-12(2)9-14(5)17(6)11-15(13(3)4)7-8-16-10-15/h12-14,16H,7-11H2,1-6H3. The van der Waals surface area contributed by atoms with Crippen molar-refractivity contribution in [3.8, 4) is 0 Å². The highest BCUT2D eigenvalue weighted by atomic mass is 15.1. The minimum Gasteiger partial charge on any atom is -0.316 e. The summed E-state index contributed by atoms with van der Waals surface area (Å²) < 4.78 is 0. The first-order valence-electron chi connectivity index (χ1n) is 7.28. The number of nitrogens with one attached hydrogen (secondary N) is 1. The molecule has 2 heteroatoms. The van der Waals surface area contributed by atoms with E-state index in [4.69, 9.17) is 0 Å². The van der Waals surface area contributed by atoms with E-state index in [0.29, 0.717) is 11.5 Å². The largest absolute Gasteiger partial charge is 0.316 e. The average Bonchev–Trinajstić information content (AvgIpc) is 2.66. The van der Waals surface area contributed by atoms with E-state index in [-0.39, 0.29) is 0 Å². The minimum absolute atomic E-state index is 0.500. The Bertz CT molecular complexity index is 217. The molecule has 1 fully saturated rings. The van der Waals surface area contributed by atoms with Gasteiger partial charge in [-0.2, -0.15) is 0 Å². The molecule has 1 heterocycles. The highest BCUT2D eigenvalue weighted by molar-refractivity contribution is 4.93.